The van der Waals surface area contributed by atoms with E-state index in [0.717, 1.165) is 38.6 Å². The van der Waals surface area contributed by atoms with Crippen LogP contribution in [0.4, 0.5) is 0 Å². The minimum absolute atomic E-state index is 0.175. The van der Waals surface area contributed by atoms with Gasteiger partial charge in [-0.15, -0.1) is 11.3 Å². The van der Waals surface area contributed by atoms with Gasteiger partial charge in [0.1, 0.15) is 0 Å². The Bertz CT molecular complexity index is 485. The molecule has 1 fully saturated rings. The van der Waals surface area contributed by atoms with Crippen LogP contribution in [0, 0.1) is 11.8 Å². The first-order chi connectivity index (χ1) is 9.76. The predicted molar refractivity (Wildman–Crippen MR) is 82.7 cm³/mol. The minimum atomic E-state index is 0.175. The van der Waals surface area contributed by atoms with Crippen LogP contribution >= 0.6 is 11.3 Å². The molecule has 0 bridgehead atoms. The van der Waals surface area contributed by atoms with E-state index in [1.54, 1.807) is 0 Å². The van der Waals surface area contributed by atoms with Crippen LogP contribution in [0.1, 0.15) is 49.1 Å². The zero-order valence-electron chi connectivity index (χ0n) is 12.2. The number of nitrogens with zero attached hydrogens (tertiary/aromatic N) is 1. The van der Waals surface area contributed by atoms with Crippen LogP contribution in [0.2, 0.25) is 0 Å². The number of rotatable bonds is 3. The lowest BCUT2D eigenvalue weighted by molar-refractivity contribution is -0.139. The second-order valence-corrected chi connectivity index (χ2v) is 7.04. The number of amides is 1. The first-order valence-electron chi connectivity index (χ1n) is 7.83. The van der Waals surface area contributed by atoms with Gasteiger partial charge in [0.15, 0.2) is 0 Å². The molecule has 0 radical (unpaired) electrons. The molecule has 1 aromatic heterocycles. The SMILES string of the molecule is CCC1c2ccsc2CCN1C(=O)C1CCCC1CN. The summed E-state index contributed by atoms with van der Waals surface area (Å²) >= 11 is 1.84. The van der Waals surface area contributed by atoms with Crippen LogP contribution in [-0.2, 0) is 11.2 Å². The topological polar surface area (TPSA) is 46.3 Å². The zero-order chi connectivity index (χ0) is 14.1. The molecular formula is C16H24N2OS. The van der Waals surface area contributed by atoms with Crippen molar-refractivity contribution >= 4 is 17.2 Å². The quantitative estimate of drug-likeness (QED) is 0.931. The fourth-order valence-corrected chi connectivity index (χ4v) is 4.89. The summed E-state index contributed by atoms with van der Waals surface area (Å²) in [5.41, 5.74) is 7.24. The molecule has 2 aliphatic rings. The second-order valence-electron chi connectivity index (χ2n) is 6.04. The number of fused-ring (bicyclic) bond motifs is 1. The number of hydrogen-bond acceptors (Lipinski definition) is 3. The van der Waals surface area contributed by atoms with Gasteiger partial charge < -0.3 is 10.6 Å². The van der Waals surface area contributed by atoms with Crippen molar-refractivity contribution in [1.29, 1.82) is 0 Å². The lowest BCUT2D eigenvalue weighted by Crippen LogP contribution is -2.44. The number of carbonyl (C=O) groups excluding carboxylic acids is 1. The molecule has 110 valence electrons. The average Bonchev–Trinajstić information content (AvgIpc) is 3.13. The molecule has 1 amide bonds. The van der Waals surface area contributed by atoms with Crippen molar-refractivity contribution < 1.29 is 4.79 Å². The van der Waals surface area contributed by atoms with Crippen molar-refractivity contribution in [3.63, 3.8) is 0 Å². The summed E-state index contributed by atoms with van der Waals surface area (Å²) in [5.74, 6) is 0.944. The van der Waals surface area contributed by atoms with Gasteiger partial charge in [-0.1, -0.05) is 13.3 Å². The Balaban J connectivity index is 1.81. The largest absolute Gasteiger partial charge is 0.335 e. The molecule has 4 heteroatoms. The molecule has 2 heterocycles. The number of carbonyl (C=O) groups is 1. The van der Waals surface area contributed by atoms with E-state index in [2.05, 4.69) is 23.3 Å². The maximum atomic E-state index is 12.9. The fourth-order valence-electron chi connectivity index (χ4n) is 3.96. The van der Waals surface area contributed by atoms with Crippen molar-refractivity contribution in [3.8, 4) is 0 Å². The average molecular weight is 292 g/mol. The van der Waals surface area contributed by atoms with E-state index < -0.39 is 0 Å². The predicted octanol–water partition coefficient (Wildman–Crippen LogP) is 2.96. The molecule has 3 nitrogen and oxygen atoms in total. The van der Waals surface area contributed by atoms with Crippen molar-refractivity contribution in [1.82, 2.24) is 4.90 Å². The van der Waals surface area contributed by atoms with E-state index in [1.165, 1.54) is 10.4 Å². The molecule has 1 aromatic rings. The monoisotopic (exact) mass is 292 g/mol. The van der Waals surface area contributed by atoms with E-state index in [0.29, 0.717) is 18.4 Å². The van der Waals surface area contributed by atoms with Crippen LogP contribution in [0.25, 0.3) is 0 Å². The van der Waals surface area contributed by atoms with Gasteiger partial charge in [0.25, 0.3) is 0 Å². The minimum Gasteiger partial charge on any atom is -0.335 e. The molecule has 3 atom stereocenters. The van der Waals surface area contributed by atoms with E-state index in [4.69, 9.17) is 5.73 Å². The molecule has 20 heavy (non-hydrogen) atoms. The summed E-state index contributed by atoms with van der Waals surface area (Å²) < 4.78 is 0. The van der Waals surface area contributed by atoms with Gasteiger partial charge in [0, 0.05) is 17.3 Å². The fraction of sp³-hybridized carbons (Fsp3) is 0.688. The van der Waals surface area contributed by atoms with Crippen molar-refractivity contribution in [2.75, 3.05) is 13.1 Å². The van der Waals surface area contributed by atoms with Gasteiger partial charge in [-0.2, -0.15) is 0 Å². The van der Waals surface area contributed by atoms with Crippen LogP contribution in [-0.4, -0.2) is 23.9 Å². The summed E-state index contributed by atoms with van der Waals surface area (Å²) in [4.78, 5) is 16.6. The maximum Gasteiger partial charge on any atom is 0.226 e. The summed E-state index contributed by atoms with van der Waals surface area (Å²) in [6, 6.07) is 2.50. The third-order valence-electron chi connectivity index (χ3n) is 5.04. The molecule has 0 aromatic carbocycles. The molecule has 3 rings (SSSR count). The summed E-state index contributed by atoms with van der Waals surface area (Å²) in [6.07, 6.45) is 5.35. The van der Waals surface area contributed by atoms with Gasteiger partial charge in [0.2, 0.25) is 5.91 Å². The normalized spacial score (nSPS) is 29.5. The Morgan fingerprint density at radius 3 is 3.10 bits per heavy atom. The lowest BCUT2D eigenvalue weighted by Gasteiger charge is -2.38. The summed E-state index contributed by atoms with van der Waals surface area (Å²) in [6.45, 7) is 3.73. The Morgan fingerprint density at radius 1 is 1.50 bits per heavy atom. The van der Waals surface area contributed by atoms with E-state index in [9.17, 15) is 4.79 Å². The standard InChI is InChI=1S/C16H24N2OS/c1-2-14-13-7-9-20-15(13)6-8-18(14)16(19)12-5-3-4-11(12)10-17/h7,9,11-12,14H,2-6,8,10,17H2,1H3. The highest BCUT2D eigenvalue weighted by atomic mass is 32.1. The van der Waals surface area contributed by atoms with Gasteiger partial charge in [-0.3, -0.25) is 4.79 Å². The van der Waals surface area contributed by atoms with Crippen LogP contribution in [0.15, 0.2) is 11.4 Å². The first kappa shape index (κ1) is 14.1. The Labute approximate surface area is 125 Å². The Morgan fingerprint density at radius 2 is 2.35 bits per heavy atom. The number of thiophene rings is 1. The van der Waals surface area contributed by atoms with Crippen LogP contribution in [0.3, 0.4) is 0 Å². The van der Waals surface area contributed by atoms with Gasteiger partial charge in [0.05, 0.1) is 6.04 Å². The number of hydrogen-bond donors (Lipinski definition) is 1. The zero-order valence-corrected chi connectivity index (χ0v) is 13.0. The van der Waals surface area contributed by atoms with Gasteiger partial charge >= 0.3 is 0 Å². The Kier molecular flexibility index (Phi) is 4.13. The maximum absolute atomic E-state index is 12.9. The molecule has 2 N–H and O–H groups in total. The van der Waals surface area contributed by atoms with Crippen molar-refractivity contribution in [3.05, 3.63) is 21.9 Å². The van der Waals surface area contributed by atoms with E-state index in [-0.39, 0.29) is 12.0 Å². The van der Waals surface area contributed by atoms with Crippen LogP contribution in [0.5, 0.6) is 0 Å². The molecule has 1 saturated carbocycles. The molecule has 1 aliphatic heterocycles. The lowest BCUT2D eigenvalue weighted by atomic mass is 9.91. The summed E-state index contributed by atoms with van der Waals surface area (Å²) in [5, 5.41) is 2.17. The third kappa shape index (κ3) is 2.29. The smallest absolute Gasteiger partial charge is 0.226 e. The molecule has 0 spiro atoms. The molecular weight excluding hydrogens is 268 g/mol. The second kappa shape index (κ2) is 5.86. The first-order valence-corrected chi connectivity index (χ1v) is 8.71. The molecule has 0 saturated heterocycles. The third-order valence-corrected chi connectivity index (χ3v) is 6.04. The van der Waals surface area contributed by atoms with E-state index in [1.807, 2.05) is 11.3 Å². The van der Waals surface area contributed by atoms with Gasteiger partial charge in [-0.05, 0) is 55.2 Å². The van der Waals surface area contributed by atoms with Crippen LogP contribution < -0.4 is 5.73 Å². The molecule has 1 aliphatic carbocycles. The van der Waals surface area contributed by atoms with Gasteiger partial charge in [-0.25, -0.2) is 0 Å². The van der Waals surface area contributed by atoms with E-state index >= 15 is 0 Å². The highest BCUT2D eigenvalue weighted by Crippen LogP contribution is 2.39. The molecule has 3 unspecified atom stereocenters. The van der Waals surface area contributed by atoms with Crippen molar-refractivity contribution in [2.45, 2.75) is 45.1 Å². The summed E-state index contributed by atoms with van der Waals surface area (Å²) in [7, 11) is 0. The Hall–Kier alpha value is -0.870. The highest BCUT2D eigenvalue weighted by molar-refractivity contribution is 7.10. The highest BCUT2D eigenvalue weighted by Gasteiger charge is 2.38. The number of nitrogens with two attached hydrogens (primary N) is 1. The van der Waals surface area contributed by atoms with Crippen molar-refractivity contribution in [2.24, 2.45) is 17.6 Å².